The number of para-hydroxylation sites is 1. The van der Waals surface area contributed by atoms with Crippen molar-refractivity contribution in [3.8, 4) is 0 Å². The number of anilines is 1. The van der Waals surface area contributed by atoms with Crippen LogP contribution in [0.15, 0.2) is 52.3 Å². The van der Waals surface area contributed by atoms with Crippen LogP contribution < -0.4 is 4.90 Å². The number of amides is 1. The Hall–Kier alpha value is -1.73. The molecular weight excluding hydrogens is 576 g/mol. The lowest BCUT2D eigenvalue weighted by Crippen LogP contribution is -2.43. The number of hydrogen-bond donors (Lipinski definition) is 0. The Kier molecular flexibility index (Phi) is 10.3. The van der Waals surface area contributed by atoms with Crippen molar-refractivity contribution < 1.29 is 17.9 Å². The van der Waals surface area contributed by atoms with E-state index in [2.05, 4.69) is 4.90 Å². The molecule has 8 nitrogen and oxygen atoms in total. The van der Waals surface area contributed by atoms with E-state index < -0.39 is 10.0 Å². The summed E-state index contributed by atoms with van der Waals surface area (Å²) in [6, 6.07) is 12.5. The number of carbonyl (C=O) groups is 1. The third kappa shape index (κ3) is 6.61. The van der Waals surface area contributed by atoms with Crippen molar-refractivity contribution in [1.82, 2.24) is 14.2 Å². The summed E-state index contributed by atoms with van der Waals surface area (Å²) in [6.07, 6.45) is 4.81. The van der Waals surface area contributed by atoms with Crippen molar-refractivity contribution in [3.05, 3.63) is 48.0 Å². The highest BCUT2D eigenvalue weighted by Gasteiger charge is 2.31. The third-order valence-electron chi connectivity index (χ3n) is 7.26. The van der Waals surface area contributed by atoms with Crippen LogP contribution in [0.1, 0.15) is 36.5 Å². The van der Waals surface area contributed by atoms with Crippen LogP contribution in [-0.2, 0) is 14.8 Å². The van der Waals surface area contributed by atoms with Gasteiger partial charge in [-0.15, -0.1) is 24.2 Å². The van der Waals surface area contributed by atoms with E-state index in [0.717, 1.165) is 47.5 Å². The molecule has 3 aromatic rings. The first kappa shape index (κ1) is 30.2. The number of nitrogens with zero attached hydrogens (tertiary/aromatic N) is 4. The molecule has 39 heavy (non-hydrogen) atoms. The van der Waals surface area contributed by atoms with Gasteiger partial charge in [0.1, 0.15) is 0 Å². The first-order chi connectivity index (χ1) is 18.4. The first-order valence-corrected chi connectivity index (χ1v) is 16.5. The molecule has 1 unspecified atom stereocenters. The average Bonchev–Trinajstić information content (AvgIpc) is 3.38. The molecule has 0 spiro atoms. The van der Waals surface area contributed by atoms with Crippen LogP contribution in [0.25, 0.3) is 10.2 Å². The third-order valence-corrected chi connectivity index (χ3v) is 11.1. The highest BCUT2D eigenvalue weighted by atomic mass is 35.5. The zero-order valence-electron chi connectivity index (χ0n) is 22.2. The Morgan fingerprint density at radius 3 is 2.56 bits per heavy atom. The van der Waals surface area contributed by atoms with Crippen LogP contribution in [0.5, 0.6) is 0 Å². The molecule has 2 aliphatic heterocycles. The largest absolute Gasteiger partial charge is 0.379 e. The molecule has 3 heterocycles. The van der Waals surface area contributed by atoms with E-state index in [9.17, 15) is 13.2 Å². The molecule has 2 fully saturated rings. The van der Waals surface area contributed by atoms with Crippen molar-refractivity contribution in [2.45, 2.75) is 42.0 Å². The predicted octanol–water partition coefficient (Wildman–Crippen LogP) is 4.98. The van der Waals surface area contributed by atoms with E-state index in [-0.39, 0.29) is 29.3 Å². The molecule has 0 saturated carbocycles. The number of carbonyl (C=O) groups excluding carboxylic acids is 1. The van der Waals surface area contributed by atoms with Crippen LogP contribution >= 0.6 is 35.5 Å². The SMILES string of the molecule is CSc1cccc2sc(N(CCN3CCOCC3)C(=O)c3ccc(S(=O)(=O)N4CCCCC4C)cc3)nc12.Cl. The number of benzene rings is 2. The van der Waals surface area contributed by atoms with Crippen LogP contribution in [0.2, 0.25) is 0 Å². The van der Waals surface area contributed by atoms with Crippen molar-refractivity contribution in [2.24, 2.45) is 0 Å². The van der Waals surface area contributed by atoms with E-state index in [1.54, 1.807) is 45.2 Å². The van der Waals surface area contributed by atoms with Gasteiger partial charge in [0.2, 0.25) is 10.0 Å². The molecule has 212 valence electrons. The molecule has 0 radical (unpaired) electrons. The van der Waals surface area contributed by atoms with Crippen LogP contribution in [-0.4, -0.2) is 86.7 Å². The fraction of sp³-hybridized carbons (Fsp3) is 0.481. The van der Waals surface area contributed by atoms with Gasteiger partial charge in [-0.05, 0) is 62.4 Å². The van der Waals surface area contributed by atoms with Gasteiger partial charge in [0.05, 0.1) is 28.3 Å². The molecule has 1 aromatic heterocycles. The highest BCUT2D eigenvalue weighted by molar-refractivity contribution is 7.98. The second-order valence-corrected chi connectivity index (χ2v) is 13.4. The summed E-state index contributed by atoms with van der Waals surface area (Å²) in [5, 5.41) is 0.651. The Morgan fingerprint density at radius 1 is 1.13 bits per heavy atom. The van der Waals surface area contributed by atoms with Gasteiger partial charge in [0, 0.05) is 49.2 Å². The van der Waals surface area contributed by atoms with E-state index in [1.165, 1.54) is 11.3 Å². The van der Waals surface area contributed by atoms with Gasteiger partial charge in [-0.25, -0.2) is 13.4 Å². The number of morpholine rings is 1. The maximum absolute atomic E-state index is 13.8. The summed E-state index contributed by atoms with van der Waals surface area (Å²) in [5.41, 5.74) is 1.35. The average molecular weight is 611 g/mol. The van der Waals surface area contributed by atoms with Gasteiger partial charge in [-0.3, -0.25) is 14.6 Å². The summed E-state index contributed by atoms with van der Waals surface area (Å²) < 4.78 is 34.7. The van der Waals surface area contributed by atoms with Crippen molar-refractivity contribution >= 4 is 66.8 Å². The van der Waals surface area contributed by atoms with Gasteiger partial charge in [-0.2, -0.15) is 4.31 Å². The summed E-state index contributed by atoms with van der Waals surface area (Å²) >= 11 is 3.14. The molecular formula is C27H35ClN4O4S3. The Morgan fingerprint density at radius 2 is 1.87 bits per heavy atom. The summed E-state index contributed by atoms with van der Waals surface area (Å²) in [4.78, 5) is 24.1. The second kappa shape index (κ2) is 13.3. The van der Waals surface area contributed by atoms with Crippen LogP contribution in [0.4, 0.5) is 5.13 Å². The number of halogens is 1. The zero-order valence-corrected chi connectivity index (χ0v) is 25.5. The molecule has 1 amide bonds. The van der Waals surface area contributed by atoms with E-state index in [4.69, 9.17) is 9.72 Å². The second-order valence-electron chi connectivity index (χ2n) is 9.70. The minimum absolute atomic E-state index is 0. The van der Waals surface area contributed by atoms with Crippen molar-refractivity contribution in [2.75, 3.05) is 57.1 Å². The zero-order chi connectivity index (χ0) is 26.7. The molecule has 2 saturated heterocycles. The molecule has 0 aliphatic carbocycles. The predicted molar refractivity (Wildman–Crippen MR) is 161 cm³/mol. The highest BCUT2D eigenvalue weighted by Crippen LogP contribution is 2.35. The maximum atomic E-state index is 13.8. The quantitative estimate of drug-likeness (QED) is 0.333. The number of ether oxygens (including phenoxy) is 1. The van der Waals surface area contributed by atoms with Crippen LogP contribution in [0, 0.1) is 0 Å². The summed E-state index contributed by atoms with van der Waals surface area (Å²) in [6.45, 7) is 6.74. The number of sulfonamides is 1. The molecule has 0 N–H and O–H groups in total. The standard InChI is InChI=1S/C27H34N4O4S3.ClH/c1-20-6-3-4-13-31(20)38(33,34)22-11-9-21(10-12-22)26(32)30(15-14-29-16-18-35-19-17-29)27-28-25-23(36-2)7-5-8-24(25)37-27;/h5,7-12,20H,3-4,6,13-19H2,1-2H3;1H. The maximum Gasteiger partial charge on any atom is 0.260 e. The lowest BCUT2D eigenvalue weighted by atomic mass is 10.1. The van der Waals surface area contributed by atoms with Crippen molar-refractivity contribution in [1.29, 1.82) is 0 Å². The number of rotatable bonds is 8. The summed E-state index contributed by atoms with van der Waals surface area (Å²) in [7, 11) is -3.60. The number of thiazole rings is 1. The molecule has 5 rings (SSSR count). The number of piperidine rings is 1. The number of thioether (sulfide) groups is 1. The molecule has 1 atom stereocenters. The van der Waals surface area contributed by atoms with Gasteiger partial charge in [0.25, 0.3) is 5.91 Å². The van der Waals surface area contributed by atoms with E-state index in [1.807, 2.05) is 31.4 Å². The van der Waals surface area contributed by atoms with Gasteiger partial charge in [-0.1, -0.05) is 23.8 Å². The minimum atomic E-state index is -3.60. The fourth-order valence-electron chi connectivity index (χ4n) is 5.03. The Labute approximate surface area is 245 Å². The van der Waals surface area contributed by atoms with E-state index >= 15 is 0 Å². The van der Waals surface area contributed by atoms with E-state index in [0.29, 0.717) is 43.5 Å². The molecule has 12 heteroatoms. The molecule has 2 aromatic carbocycles. The first-order valence-electron chi connectivity index (χ1n) is 13.1. The monoisotopic (exact) mass is 610 g/mol. The van der Waals surface area contributed by atoms with Gasteiger partial charge >= 0.3 is 0 Å². The number of fused-ring (bicyclic) bond motifs is 1. The number of hydrogen-bond acceptors (Lipinski definition) is 8. The van der Waals surface area contributed by atoms with Gasteiger partial charge in [0.15, 0.2) is 5.13 Å². The molecule has 0 bridgehead atoms. The Balaban J connectivity index is 0.00000353. The lowest BCUT2D eigenvalue weighted by molar-refractivity contribution is 0.0391. The Bertz CT molecular complexity index is 1380. The molecule has 2 aliphatic rings. The van der Waals surface area contributed by atoms with Gasteiger partial charge < -0.3 is 4.74 Å². The topological polar surface area (TPSA) is 83.0 Å². The number of aromatic nitrogens is 1. The summed E-state index contributed by atoms with van der Waals surface area (Å²) in [5.74, 6) is -0.182. The van der Waals surface area contributed by atoms with Crippen LogP contribution in [0.3, 0.4) is 0 Å². The lowest BCUT2D eigenvalue weighted by Gasteiger charge is -2.32. The van der Waals surface area contributed by atoms with Crippen molar-refractivity contribution in [3.63, 3.8) is 0 Å². The normalized spacial score (nSPS) is 19.1. The fourth-order valence-corrected chi connectivity index (χ4v) is 8.38. The minimum Gasteiger partial charge on any atom is -0.379 e. The smallest absolute Gasteiger partial charge is 0.260 e.